The van der Waals surface area contributed by atoms with E-state index in [-0.39, 0.29) is 18.9 Å². The summed E-state index contributed by atoms with van der Waals surface area (Å²) in [4.78, 5) is 13.2. The van der Waals surface area contributed by atoms with Gasteiger partial charge in [-0.3, -0.25) is 4.79 Å². The molecule has 0 spiro atoms. The Morgan fingerprint density at radius 1 is 0.514 bits per heavy atom. The van der Waals surface area contributed by atoms with Crippen LogP contribution in [0.1, 0.15) is 123 Å². The van der Waals surface area contributed by atoms with Crippen LogP contribution in [0.15, 0.2) is 72.9 Å². The van der Waals surface area contributed by atoms with Gasteiger partial charge in [0, 0.05) is 6.42 Å². The van der Waals surface area contributed by atoms with Crippen molar-refractivity contribution in [2.45, 2.75) is 227 Å². The smallest absolute Gasteiger partial charge is 0.220 e. The Kier molecular flexibility index (Phi) is 32.7. The Morgan fingerprint density at radius 3 is 1.54 bits per heavy atom. The zero-order chi connectivity index (χ0) is 52.7. The molecule has 0 aliphatic carbocycles. The molecule has 0 bridgehead atoms. The van der Waals surface area contributed by atoms with Gasteiger partial charge in [-0.25, -0.2) is 0 Å². The van der Waals surface area contributed by atoms with Crippen molar-refractivity contribution in [2.75, 3.05) is 26.4 Å². The molecule has 72 heavy (non-hydrogen) atoms. The van der Waals surface area contributed by atoms with Gasteiger partial charge in [0.05, 0.1) is 38.6 Å². The molecule has 3 fully saturated rings. The van der Waals surface area contributed by atoms with Crippen LogP contribution in [0.4, 0.5) is 0 Å². The van der Waals surface area contributed by atoms with Gasteiger partial charge in [0.2, 0.25) is 5.91 Å². The lowest BCUT2D eigenvalue weighted by Crippen LogP contribution is -2.66. The van der Waals surface area contributed by atoms with E-state index in [1.165, 1.54) is 19.3 Å². The molecule has 3 aliphatic heterocycles. The lowest BCUT2D eigenvalue weighted by molar-refractivity contribution is -0.379. The zero-order valence-electron chi connectivity index (χ0n) is 42.4. The molecular formula is C53H89NO18. The standard InChI is InChI=1S/C53H89NO18/c1-3-5-7-9-11-13-15-16-17-18-19-20-21-23-25-27-29-31-41(59)54-36(37(58)30-28-26-24-22-14-12-10-8-6-4-2)35-67-51-47(65)44(62)49(39(33-56)69-51)72-53-48(66)45(63)50(40(34-57)70-53)71-52-46(64)43(61)42(60)38(32-55)68-52/h5,7,11,13-14,16-17,19-20,22,28,30,36-40,42-53,55-58,60-66H,3-4,6,8-10,12,15,18,21,23-27,29,31-35H2,1-2H3,(H,54,59)/b7-5-,13-11-,17-16-,20-19-,22-14+,30-28+. The molecule has 19 heteroatoms. The number of aliphatic hydroxyl groups is 11. The van der Waals surface area contributed by atoms with E-state index >= 15 is 0 Å². The third kappa shape index (κ3) is 22.2. The molecule has 17 atom stereocenters. The highest BCUT2D eigenvalue weighted by atomic mass is 16.8. The molecule has 1 amide bonds. The zero-order valence-corrected chi connectivity index (χ0v) is 42.4. The van der Waals surface area contributed by atoms with E-state index in [2.05, 4.69) is 79.9 Å². The summed E-state index contributed by atoms with van der Waals surface area (Å²) in [5.41, 5.74) is 0. The molecule has 3 aliphatic rings. The second kappa shape index (κ2) is 37.1. The molecule has 12 N–H and O–H groups in total. The van der Waals surface area contributed by atoms with Crippen LogP contribution >= 0.6 is 0 Å². The van der Waals surface area contributed by atoms with Gasteiger partial charge in [-0.1, -0.05) is 119 Å². The normalized spacial score (nSPS) is 32.6. The topological polar surface area (TPSA) is 307 Å². The van der Waals surface area contributed by atoms with E-state index in [1.807, 2.05) is 6.08 Å². The molecule has 0 aromatic heterocycles. The van der Waals surface area contributed by atoms with Crippen molar-refractivity contribution in [3.8, 4) is 0 Å². The van der Waals surface area contributed by atoms with Crippen molar-refractivity contribution < 1.29 is 89.4 Å². The number of carbonyl (C=O) groups excluding carboxylic acids is 1. The van der Waals surface area contributed by atoms with E-state index in [1.54, 1.807) is 6.08 Å². The van der Waals surface area contributed by atoms with Crippen molar-refractivity contribution in [3.63, 3.8) is 0 Å². The summed E-state index contributed by atoms with van der Waals surface area (Å²) in [6, 6.07) is -1.00. The number of allylic oxidation sites excluding steroid dienone is 11. The second-order valence-corrected chi connectivity index (χ2v) is 18.6. The molecule has 0 saturated carbocycles. The van der Waals surface area contributed by atoms with Crippen molar-refractivity contribution in [3.05, 3.63) is 72.9 Å². The maximum absolute atomic E-state index is 13.2. The van der Waals surface area contributed by atoms with Gasteiger partial charge in [0.25, 0.3) is 0 Å². The molecule has 19 nitrogen and oxygen atoms in total. The van der Waals surface area contributed by atoms with Crippen molar-refractivity contribution >= 4 is 5.91 Å². The quantitative estimate of drug-likeness (QED) is 0.0320. The Morgan fingerprint density at radius 2 is 0.972 bits per heavy atom. The number of unbranched alkanes of at least 4 members (excludes halogenated alkanes) is 9. The maximum Gasteiger partial charge on any atom is 0.220 e. The monoisotopic (exact) mass is 1030 g/mol. The summed E-state index contributed by atoms with van der Waals surface area (Å²) in [7, 11) is 0. The first-order valence-corrected chi connectivity index (χ1v) is 26.2. The minimum absolute atomic E-state index is 0.203. The first-order valence-electron chi connectivity index (χ1n) is 26.2. The number of rotatable bonds is 35. The fraction of sp³-hybridized carbons (Fsp3) is 0.755. The van der Waals surface area contributed by atoms with Crippen LogP contribution in [-0.4, -0.2) is 193 Å². The highest BCUT2D eigenvalue weighted by Gasteiger charge is 2.53. The number of nitrogens with one attached hydrogen (secondary N) is 1. The van der Waals surface area contributed by atoms with Gasteiger partial charge in [0.1, 0.15) is 73.2 Å². The number of hydrogen-bond donors (Lipinski definition) is 12. The molecule has 0 radical (unpaired) electrons. The number of ether oxygens (including phenoxy) is 6. The van der Waals surface area contributed by atoms with Crippen LogP contribution < -0.4 is 5.32 Å². The van der Waals surface area contributed by atoms with Gasteiger partial charge in [0.15, 0.2) is 18.9 Å². The molecule has 3 saturated heterocycles. The van der Waals surface area contributed by atoms with Gasteiger partial charge in [-0.15, -0.1) is 0 Å². The summed E-state index contributed by atoms with van der Waals surface area (Å²) >= 11 is 0. The largest absolute Gasteiger partial charge is 0.394 e. The summed E-state index contributed by atoms with van der Waals surface area (Å²) in [6.45, 7) is 1.47. The fourth-order valence-electron chi connectivity index (χ4n) is 8.37. The van der Waals surface area contributed by atoms with Crippen LogP contribution in [0.25, 0.3) is 0 Å². The highest BCUT2D eigenvalue weighted by Crippen LogP contribution is 2.33. The van der Waals surface area contributed by atoms with Gasteiger partial charge < -0.3 is 89.9 Å². The number of carbonyl (C=O) groups is 1. The third-order valence-electron chi connectivity index (χ3n) is 12.7. The number of hydrogen-bond acceptors (Lipinski definition) is 18. The average molecular weight is 1030 g/mol. The van der Waals surface area contributed by atoms with E-state index < -0.39 is 124 Å². The van der Waals surface area contributed by atoms with E-state index in [4.69, 9.17) is 28.4 Å². The first-order chi connectivity index (χ1) is 34.8. The first kappa shape index (κ1) is 63.5. The fourth-order valence-corrected chi connectivity index (χ4v) is 8.37. The summed E-state index contributed by atoms with van der Waals surface area (Å²) in [6.07, 6.45) is 13.4. The van der Waals surface area contributed by atoms with Crippen LogP contribution in [0, 0.1) is 0 Å². The molecule has 3 rings (SSSR count). The lowest BCUT2D eigenvalue weighted by Gasteiger charge is -2.48. The minimum atomic E-state index is -1.98. The Bertz CT molecular complexity index is 1610. The maximum atomic E-state index is 13.2. The summed E-state index contributed by atoms with van der Waals surface area (Å²) in [5, 5.41) is 119. The van der Waals surface area contributed by atoms with E-state index in [0.29, 0.717) is 12.8 Å². The summed E-state index contributed by atoms with van der Waals surface area (Å²) < 4.78 is 34.0. The Labute approximate surface area is 426 Å². The Hall–Kier alpha value is -2.77. The van der Waals surface area contributed by atoms with Crippen molar-refractivity contribution in [2.24, 2.45) is 0 Å². The Balaban J connectivity index is 1.56. The molecule has 3 heterocycles. The lowest BCUT2D eigenvalue weighted by atomic mass is 9.96. The van der Waals surface area contributed by atoms with Crippen molar-refractivity contribution in [1.82, 2.24) is 5.32 Å². The third-order valence-corrected chi connectivity index (χ3v) is 12.7. The molecule has 17 unspecified atom stereocenters. The molecule has 414 valence electrons. The van der Waals surface area contributed by atoms with Crippen LogP contribution in [0.2, 0.25) is 0 Å². The van der Waals surface area contributed by atoms with Crippen LogP contribution in [0.3, 0.4) is 0 Å². The van der Waals surface area contributed by atoms with Gasteiger partial charge >= 0.3 is 0 Å². The van der Waals surface area contributed by atoms with Gasteiger partial charge in [-0.05, 0) is 70.6 Å². The minimum Gasteiger partial charge on any atom is -0.394 e. The highest BCUT2D eigenvalue weighted by molar-refractivity contribution is 5.76. The number of amides is 1. The SMILES string of the molecule is CC/C=C\C/C=C\C/C=C\C/C=C\CCCCCCC(=O)NC(COC1OC(CO)C(OC2OC(CO)C(OC3OC(CO)C(O)C(O)C3O)C(O)C2O)C(O)C1O)C(O)/C=C/CC/C=C/CCCCCC. The molecular weight excluding hydrogens is 939 g/mol. The molecule has 0 aromatic rings. The van der Waals surface area contributed by atoms with Crippen molar-refractivity contribution in [1.29, 1.82) is 0 Å². The van der Waals surface area contributed by atoms with Crippen LogP contribution in [-0.2, 0) is 33.2 Å². The van der Waals surface area contributed by atoms with Crippen LogP contribution in [0.5, 0.6) is 0 Å². The summed E-state index contributed by atoms with van der Waals surface area (Å²) in [5.74, 6) is -0.317. The van der Waals surface area contributed by atoms with E-state index in [9.17, 15) is 61.0 Å². The predicted molar refractivity (Wildman–Crippen MR) is 268 cm³/mol. The second-order valence-electron chi connectivity index (χ2n) is 18.6. The van der Waals surface area contributed by atoms with E-state index in [0.717, 1.165) is 70.6 Å². The van der Waals surface area contributed by atoms with Gasteiger partial charge in [-0.2, -0.15) is 0 Å². The predicted octanol–water partition coefficient (Wildman–Crippen LogP) is 2.31. The molecule has 0 aromatic carbocycles. The number of aliphatic hydroxyl groups excluding tert-OH is 11. The average Bonchev–Trinajstić information content (AvgIpc) is 3.37.